The van der Waals surface area contributed by atoms with Crippen LogP contribution in [0.4, 0.5) is 0 Å². The van der Waals surface area contributed by atoms with Gasteiger partial charge in [0, 0.05) is 25.3 Å². The Hall–Kier alpha value is -1.85. The summed E-state index contributed by atoms with van der Waals surface area (Å²) >= 11 is 0. The second kappa shape index (κ2) is 5.47. The SMILES string of the molecule is C=CC1CC(=O)N([C@@H](CCC(=O)O)C(=O)O)C1. The molecule has 94 valence electrons. The largest absolute Gasteiger partial charge is 0.481 e. The van der Waals surface area contributed by atoms with Crippen molar-refractivity contribution in [1.82, 2.24) is 4.90 Å². The maximum Gasteiger partial charge on any atom is 0.326 e. The minimum atomic E-state index is -1.16. The van der Waals surface area contributed by atoms with Gasteiger partial charge in [-0.3, -0.25) is 9.59 Å². The van der Waals surface area contributed by atoms with Crippen molar-refractivity contribution in [3.05, 3.63) is 12.7 Å². The Morgan fingerprint density at radius 2 is 2.18 bits per heavy atom. The summed E-state index contributed by atoms with van der Waals surface area (Å²) in [5, 5.41) is 17.5. The van der Waals surface area contributed by atoms with E-state index in [4.69, 9.17) is 10.2 Å². The van der Waals surface area contributed by atoms with Crippen LogP contribution in [0.2, 0.25) is 0 Å². The molecule has 0 spiro atoms. The van der Waals surface area contributed by atoms with E-state index in [9.17, 15) is 14.4 Å². The van der Waals surface area contributed by atoms with Gasteiger partial charge in [-0.25, -0.2) is 4.79 Å². The quantitative estimate of drug-likeness (QED) is 0.654. The van der Waals surface area contributed by atoms with Crippen LogP contribution in [0.1, 0.15) is 19.3 Å². The number of likely N-dealkylation sites (tertiary alicyclic amines) is 1. The highest BCUT2D eigenvalue weighted by molar-refractivity contribution is 5.85. The maximum atomic E-state index is 11.6. The van der Waals surface area contributed by atoms with Crippen LogP contribution in [0.3, 0.4) is 0 Å². The summed E-state index contributed by atoms with van der Waals surface area (Å²) in [7, 11) is 0. The lowest BCUT2D eigenvalue weighted by atomic mass is 10.1. The summed E-state index contributed by atoms with van der Waals surface area (Å²) in [4.78, 5) is 34.3. The first kappa shape index (κ1) is 13.2. The van der Waals surface area contributed by atoms with Crippen LogP contribution < -0.4 is 0 Å². The maximum absolute atomic E-state index is 11.6. The van der Waals surface area contributed by atoms with Gasteiger partial charge in [0.2, 0.25) is 5.91 Å². The van der Waals surface area contributed by atoms with Gasteiger partial charge in [-0.15, -0.1) is 6.58 Å². The Labute approximate surface area is 98.5 Å². The molecular weight excluding hydrogens is 226 g/mol. The summed E-state index contributed by atoms with van der Waals surface area (Å²) in [6, 6.07) is -1.05. The number of carbonyl (C=O) groups excluding carboxylic acids is 1. The lowest BCUT2D eigenvalue weighted by Gasteiger charge is -2.23. The fraction of sp³-hybridized carbons (Fsp3) is 0.545. The number of hydrogen-bond donors (Lipinski definition) is 2. The first-order valence-corrected chi connectivity index (χ1v) is 5.32. The molecule has 1 amide bonds. The first-order valence-electron chi connectivity index (χ1n) is 5.32. The standard InChI is InChI=1S/C11H15NO5/c1-2-7-5-9(13)12(6-7)8(11(16)17)3-4-10(14)15/h2,7-8H,1,3-6H2,(H,14,15)(H,16,17)/t7?,8-/m0/s1. The average molecular weight is 241 g/mol. The number of carbonyl (C=O) groups is 3. The molecule has 0 saturated carbocycles. The van der Waals surface area contributed by atoms with Gasteiger partial charge in [0.15, 0.2) is 0 Å². The number of amides is 1. The van der Waals surface area contributed by atoms with Crippen LogP contribution in [0, 0.1) is 5.92 Å². The molecule has 0 aromatic carbocycles. The normalized spacial score (nSPS) is 21.3. The van der Waals surface area contributed by atoms with E-state index in [0.29, 0.717) is 6.54 Å². The third kappa shape index (κ3) is 3.30. The van der Waals surface area contributed by atoms with Crippen molar-refractivity contribution in [3.63, 3.8) is 0 Å². The van der Waals surface area contributed by atoms with Crippen LogP contribution in [0.25, 0.3) is 0 Å². The number of carboxylic acids is 2. The van der Waals surface area contributed by atoms with Gasteiger partial charge in [0.1, 0.15) is 6.04 Å². The fourth-order valence-electron chi connectivity index (χ4n) is 1.89. The van der Waals surface area contributed by atoms with Crippen LogP contribution in [0.15, 0.2) is 12.7 Å². The van der Waals surface area contributed by atoms with Gasteiger partial charge in [-0.1, -0.05) is 6.08 Å². The van der Waals surface area contributed by atoms with Crippen molar-refractivity contribution in [2.45, 2.75) is 25.3 Å². The van der Waals surface area contributed by atoms with E-state index in [0.717, 1.165) is 0 Å². The molecule has 1 fully saturated rings. The molecule has 1 heterocycles. The van der Waals surface area contributed by atoms with E-state index in [2.05, 4.69) is 6.58 Å². The van der Waals surface area contributed by atoms with Gasteiger partial charge in [-0.05, 0) is 6.42 Å². The summed E-state index contributed by atoms with van der Waals surface area (Å²) in [6.45, 7) is 3.87. The molecule has 6 heteroatoms. The molecule has 1 rings (SSSR count). The van der Waals surface area contributed by atoms with Crippen molar-refractivity contribution in [2.75, 3.05) is 6.54 Å². The Bertz CT molecular complexity index is 352. The smallest absolute Gasteiger partial charge is 0.326 e. The minimum Gasteiger partial charge on any atom is -0.481 e. The summed E-state index contributed by atoms with van der Waals surface area (Å²) < 4.78 is 0. The van der Waals surface area contributed by atoms with Crippen molar-refractivity contribution in [1.29, 1.82) is 0 Å². The zero-order valence-corrected chi connectivity index (χ0v) is 9.33. The zero-order valence-electron chi connectivity index (χ0n) is 9.33. The van der Waals surface area contributed by atoms with E-state index < -0.39 is 18.0 Å². The molecular formula is C11H15NO5. The van der Waals surface area contributed by atoms with Gasteiger partial charge in [0.25, 0.3) is 0 Å². The molecule has 1 aliphatic heterocycles. The van der Waals surface area contributed by atoms with Crippen molar-refractivity contribution in [2.24, 2.45) is 5.92 Å². The lowest BCUT2D eigenvalue weighted by Crippen LogP contribution is -2.42. The number of rotatable bonds is 6. The van der Waals surface area contributed by atoms with Gasteiger partial charge in [-0.2, -0.15) is 0 Å². The highest BCUT2D eigenvalue weighted by atomic mass is 16.4. The van der Waals surface area contributed by atoms with Crippen molar-refractivity contribution < 1.29 is 24.6 Å². The molecule has 0 aromatic heterocycles. The summed E-state index contributed by atoms with van der Waals surface area (Å²) in [5.41, 5.74) is 0. The third-order valence-electron chi connectivity index (χ3n) is 2.81. The molecule has 17 heavy (non-hydrogen) atoms. The predicted octanol–water partition coefficient (Wildman–Crippen LogP) is 0.339. The molecule has 2 N–H and O–H groups in total. The molecule has 6 nitrogen and oxygen atoms in total. The molecule has 1 aliphatic rings. The number of carboxylic acid groups (broad SMARTS) is 2. The van der Waals surface area contributed by atoms with E-state index in [1.807, 2.05) is 0 Å². The second-order valence-corrected chi connectivity index (χ2v) is 4.03. The molecule has 2 atom stereocenters. The van der Waals surface area contributed by atoms with Crippen LogP contribution >= 0.6 is 0 Å². The predicted molar refractivity (Wildman–Crippen MR) is 58.3 cm³/mol. The number of hydrogen-bond acceptors (Lipinski definition) is 3. The fourth-order valence-corrected chi connectivity index (χ4v) is 1.89. The van der Waals surface area contributed by atoms with Crippen LogP contribution in [0.5, 0.6) is 0 Å². The number of aliphatic carboxylic acids is 2. The molecule has 0 aliphatic carbocycles. The third-order valence-corrected chi connectivity index (χ3v) is 2.81. The first-order chi connectivity index (χ1) is 7.95. The Balaban J connectivity index is 2.70. The van der Waals surface area contributed by atoms with Gasteiger partial charge >= 0.3 is 11.9 Å². The van der Waals surface area contributed by atoms with Crippen LogP contribution in [-0.2, 0) is 14.4 Å². The van der Waals surface area contributed by atoms with Crippen LogP contribution in [-0.4, -0.2) is 45.5 Å². The monoisotopic (exact) mass is 241 g/mol. The average Bonchev–Trinajstić information content (AvgIpc) is 2.59. The molecule has 0 bridgehead atoms. The molecule has 0 aromatic rings. The Kier molecular flexibility index (Phi) is 4.25. The summed E-state index contributed by atoms with van der Waals surface area (Å²) in [5.74, 6) is -2.53. The van der Waals surface area contributed by atoms with E-state index in [-0.39, 0.29) is 31.1 Å². The molecule has 1 unspecified atom stereocenters. The van der Waals surface area contributed by atoms with E-state index in [1.54, 1.807) is 6.08 Å². The zero-order chi connectivity index (χ0) is 13.0. The second-order valence-electron chi connectivity index (χ2n) is 4.03. The Morgan fingerprint density at radius 1 is 1.53 bits per heavy atom. The van der Waals surface area contributed by atoms with Gasteiger partial charge in [0.05, 0.1) is 0 Å². The summed E-state index contributed by atoms with van der Waals surface area (Å²) in [6.07, 6.45) is 1.54. The van der Waals surface area contributed by atoms with Crippen molar-refractivity contribution in [3.8, 4) is 0 Å². The highest BCUT2D eigenvalue weighted by Crippen LogP contribution is 2.22. The topological polar surface area (TPSA) is 94.9 Å². The van der Waals surface area contributed by atoms with Gasteiger partial charge < -0.3 is 15.1 Å². The van der Waals surface area contributed by atoms with E-state index >= 15 is 0 Å². The lowest BCUT2D eigenvalue weighted by molar-refractivity contribution is -0.149. The van der Waals surface area contributed by atoms with Crippen molar-refractivity contribution >= 4 is 17.8 Å². The molecule has 0 radical (unpaired) electrons. The minimum absolute atomic E-state index is 0.0471. The highest BCUT2D eigenvalue weighted by Gasteiger charge is 2.36. The van der Waals surface area contributed by atoms with E-state index in [1.165, 1.54) is 4.90 Å². The number of nitrogens with zero attached hydrogens (tertiary/aromatic N) is 1. The Morgan fingerprint density at radius 3 is 2.59 bits per heavy atom. The molecule has 1 saturated heterocycles.